The average molecular weight is 196 g/mol. The highest BCUT2D eigenvalue weighted by molar-refractivity contribution is 4.80. The van der Waals surface area contributed by atoms with Crippen molar-refractivity contribution in [2.45, 2.75) is 78.1 Å². The summed E-state index contributed by atoms with van der Waals surface area (Å²) < 4.78 is 0. The molecule has 14 heavy (non-hydrogen) atoms. The molecule has 0 heterocycles. The first-order valence-corrected chi connectivity index (χ1v) is 6.56. The Morgan fingerprint density at radius 2 is 1.14 bits per heavy atom. The smallest absolute Gasteiger partial charge is 0.0351 e. The molecule has 0 radical (unpaired) electrons. The van der Waals surface area contributed by atoms with Crippen molar-refractivity contribution in [3.05, 3.63) is 12.2 Å². The molecule has 84 valence electrons. The molecule has 0 rings (SSSR count). The summed E-state index contributed by atoms with van der Waals surface area (Å²) >= 11 is 0. The molecule has 0 aromatic carbocycles. The van der Waals surface area contributed by atoms with Crippen molar-refractivity contribution >= 4 is 0 Å². The molecule has 0 unspecified atom stereocenters. The molecule has 0 saturated carbocycles. The van der Waals surface area contributed by atoms with Gasteiger partial charge in [-0.3, -0.25) is 0 Å². The van der Waals surface area contributed by atoms with Crippen molar-refractivity contribution in [1.82, 2.24) is 0 Å². The maximum atomic E-state index is 2.36. The second kappa shape index (κ2) is 12.7. The third kappa shape index (κ3) is 11.7. The Balaban J connectivity index is 2.91. The van der Waals surface area contributed by atoms with Crippen LogP contribution in [0.3, 0.4) is 0 Å². The summed E-state index contributed by atoms with van der Waals surface area (Å²) in [4.78, 5) is 0. The summed E-state index contributed by atoms with van der Waals surface area (Å²) in [6.45, 7) is 4.51. The van der Waals surface area contributed by atoms with Crippen molar-refractivity contribution in [2.75, 3.05) is 0 Å². The molecule has 0 aromatic heterocycles. The molecule has 0 atom stereocenters. The molecule has 0 spiro atoms. The van der Waals surface area contributed by atoms with E-state index in [-0.39, 0.29) is 0 Å². The Bertz CT molecular complexity index is 113. The van der Waals surface area contributed by atoms with Crippen LogP contribution in [0.4, 0.5) is 0 Å². The highest BCUT2D eigenvalue weighted by Gasteiger charge is 1.88. The minimum absolute atomic E-state index is 1.26. The Hall–Kier alpha value is -0.260. The summed E-state index contributed by atoms with van der Waals surface area (Å²) in [5.74, 6) is 0. The van der Waals surface area contributed by atoms with Crippen LogP contribution in [0, 0.1) is 0 Å². The second-order valence-electron chi connectivity index (χ2n) is 4.17. The van der Waals surface area contributed by atoms with Gasteiger partial charge in [-0.15, -0.1) is 0 Å². The first-order valence-electron chi connectivity index (χ1n) is 6.56. The van der Waals surface area contributed by atoms with Gasteiger partial charge in [0, 0.05) is 0 Å². The van der Waals surface area contributed by atoms with E-state index >= 15 is 0 Å². The van der Waals surface area contributed by atoms with Crippen LogP contribution in [0.2, 0.25) is 0 Å². The molecule has 0 aliphatic heterocycles. The summed E-state index contributed by atoms with van der Waals surface area (Å²) in [6.07, 6.45) is 18.5. The zero-order chi connectivity index (χ0) is 10.5. The minimum Gasteiger partial charge on any atom is -0.0885 e. The van der Waals surface area contributed by atoms with Gasteiger partial charge in [-0.05, 0) is 19.3 Å². The molecule has 0 nitrogen and oxygen atoms in total. The molecule has 0 saturated heterocycles. The number of hydrogen-bond acceptors (Lipinski definition) is 0. The van der Waals surface area contributed by atoms with Crippen molar-refractivity contribution in [1.29, 1.82) is 0 Å². The van der Waals surface area contributed by atoms with Crippen LogP contribution >= 0.6 is 0 Å². The van der Waals surface area contributed by atoms with E-state index in [1.165, 1.54) is 64.2 Å². The Labute approximate surface area is 90.8 Å². The van der Waals surface area contributed by atoms with Gasteiger partial charge in [0.25, 0.3) is 0 Å². The molecular formula is C14H28. The zero-order valence-corrected chi connectivity index (χ0v) is 10.2. The quantitative estimate of drug-likeness (QED) is 0.320. The second-order valence-corrected chi connectivity index (χ2v) is 4.17. The van der Waals surface area contributed by atoms with Gasteiger partial charge in [0.05, 0.1) is 0 Å². The molecule has 0 aromatic rings. The molecular weight excluding hydrogens is 168 g/mol. The third-order valence-electron chi connectivity index (χ3n) is 2.60. The monoisotopic (exact) mass is 196 g/mol. The van der Waals surface area contributed by atoms with Crippen molar-refractivity contribution in [3.63, 3.8) is 0 Å². The predicted molar refractivity (Wildman–Crippen MR) is 66.7 cm³/mol. The SMILES string of the molecule is CCC/C=C\CCCCCCCCC. The molecule has 0 heteroatoms. The standard InChI is InChI=1S/C14H28/c1-3-5-7-9-11-13-14-12-10-8-6-4-2/h7,9H,3-6,8,10-14H2,1-2H3/b9-7-. The third-order valence-corrected chi connectivity index (χ3v) is 2.60. The van der Waals surface area contributed by atoms with E-state index in [9.17, 15) is 0 Å². The van der Waals surface area contributed by atoms with Crippen LogP contribution in [-0.4, -0.2) is 0 Å². The van der Waals surface area contributed by atoms with Gasteiger partial charge in [0.15, 0.2) is 0 Å². The normalized spacial score (nSPS) is 11.3. The number of allylic oxidation sites excluding steroid dienone is 2. The van der Waals surface area contributed by atoms with Gasteiger partial charge in [-0.2, -0.15) is 0 Å². The lowest BCUT2D eigenvalue weighted by Gasteiger charge is -1.98. The van der Waals surface area contributed by atoms with Crippen molar-refractivity contribution in [2.24, 2.45) is 0 Å². The van der Waals surface area contributed by atoms with Crippen LogP contribution in [0.15, 0.2) is 12.2 Å². The molecule has 0 aliphatic rings. The van der Waals surface area contributed by atoms with Crippen LogP contribution in [0.25, 0.3) is 0 Å². The van der Waals surface area contributed by atoms with Gasteiger partial charge in [-0.1, -0.05) is 70.9 Å². The summed E-state index contributed by atoms with van der Waals surface area (Å²) in [5.41, 5.74) is 0. The maximum absolute atomic E-state index is 2.36. The summed E-state index contributed by atoms with van der Waals surface area (Å²) in [6, 6.07) is 0. The van der Waals surface area contributed by atoms with Crippen molar-refractivity contribution in [3.8, 4) is 0 Å². The lowest BCUT2D eigenvalue weighted by molar-refractivity contribution is 0.592. The summed E-state index contributed by atoms with van der Waals surface area (Å²) in [7, 11) is 0. The van der Waals surface area contributed by atoms with Gasteiger partial charge >= 0.3 is 0 Å². The van der Waals surface area contributed by atoms with E-state index < -0.39 is 0 Å². The lowest BCUT2D eigenvalue weighted by atomic mass is 10.1. The molecule has 0 amide bonds. The predicted octanol–water partition coefficient (Wildman–Crippen LogP) is 5.48. The average Bonchev–Trinajstić information content (AvgIpc) is 2.21. The molecule has 0 aliphatic carbocycles. The Morgan fingerprint density at radius 3 is 1.79 bits per heavy atom. The van der Waals surface area contributed by atoms with Gasteiger partial charge in [0.1, 0.15) is 0 Å². The highest BCUT2D eigenvalue weighted by atomic mass is 13.9. The van der Waals surface area contributed by atoms with E-state index in [0.29, 0.717) is 0 Å². The fourth-order valence-corrected chi connectivity index (χ4v) is 1.62. The van der Waals surface area contributed by atoms with E-state index in [1.54, 1.807) is 0 Å². The molecule has 0 N–H and O–H groups in total. The zero-order valence-electron chi connectivity index (χ0n) is 10.2. The van der Waals surface area contributed by atoms with Gasteiger partial charge in [-0.25, -0.2) is 0 Å². The lowest BCUT2D eigenvalue weighted by Crippen LogP contribution is -1.78. The fourth-order valence-electron chi connectivity index (χ4n) is 1.62. The first-order chi connectivity index (χ1) is 6.91. The maximum Gasteiger partial charge on any atom is -0.0351 e. The van der Waals surface area contributed by atoms with Crippen LogP contribution < -0.4 is 0 Å². The number of unbranched alkanes of at least 4 members (excludes halogenated alkanes) is 8. The Kier molecular flexibility index (Phi) is 12.5. The first kappa shape index (κ1) is 13.7. The van der Waals surface area contributed by atoms with E-state index in [0.717, 1.165) is 0 Å². The van der Waals surface area contributed by atoms with Crippen LogP contribution in [0.1, 0.15) is 78.1 Å². The van der Waals surface area contributed by atoms with E-state index in [1.807, 2.05) is 0 Å². The van der Waals surface area contributed by atoms with Gasteiger partial charge in [0.2, 0.25) is 0 Å². The molecule has 0 bridgehead atoms. The minimum atomic E-state index is 1.26. The van der Waals surface area contributed by atoms with Crippen LogP contribution in [0.5, 0.6) is 0 Å². The number of hydrogen-bond donors (Lipinski definition) is 0. The number of rotatable bonds is 10. The summed E-state index contributed by atoms with van der Waals surface area (Å²) in [5, 5.41) is 0. The fraction of sp³-hybridized carbons (Fsp3) is 0.857. The van der Waals surface area contributed by atoms with Gasteiger partial charge < -0.3 is 0 Å². The Morgan fingerprint density at radius 1 is 0.571 bits per heavy atom. The van der Waals surface area contributed by atoms with E-state index in [2.05, 4.69) is 26.0 Å². The molecule has 0 fully saturated rings. The highest BCUT2D eigenvalue weighted by Crippen LogP contribution is 2.08. The largest absolute Gasteiger partial charge is 0.0885 e. The topological polar surface area (TPSA) is 0 Å². The van der Waals surface area contributed by atoms with Crippen LogP contribution in [-0.2, 0) is 0 Å². The van der Waals surface area contributed by atoms with E-state index in [4.69, 9.17) is 0 Å². The van der Waals surface area contributed by atoms with Crippen molar-refractivity contribution < 1.29 is 0 Å².